The molecule has 1 fully saturated rings. The average Bonchev–Trinajstić information content (AvgIpc) is 2.17. The molecule has 10 heavy (non-hydrogen) atoms. The molecule has 1 aliphatic rings. The van der Waals surface area contributed by atoms with E-state index in [0.29, 0.717) is 0 Å². The van der Waals surface area contributed by atoms with E-state index in [-0.39, 0.29) is 0 Å². The van der Waals surface area contributed by atoms with Crippen molar-refractivity contribution >= 4 is 0 Å². The second-order valence-electron chi connectivity index (χ2n) is 3.30. The second kappa shape index (κ2) is 2.89. The summed E-state index contributed by atoms with van der Waals surface area (Å²) >= 11 is 0. The van der Waals surface area contributed by atoms with Crippen molar-refractivity contribution in [1.82, 2.24) is 10.0 Å². The zero-order valence-corrected chi connectivity index (χ0v) is 7.46. The average molecular weight is 142 g/mol. The summed E-state index contributed by atoms with van der Waals surface area (Å²) in [4.78, 5) is 0. The van der Waals surface area contributed by atoms with Crippen LogP contribution in [0.4, 0.5) is 0 Å². The Morgan fingerprint density at radius 2 is 2.00 bits per heavy atom. The van der Waals surface area contributed by atoms with Gasteiger partial charge in [0.05, 0.1) is 0 Å². The first-order chi connectivity index (χ1) is 4.66. The van der Waals surface area contributed by atoms with Gasteiger partial charge in [0, 0.05) is 26.2 Å². The maximum atomic E-state index is 2.40. The van der Waals surface area contributed by atoms with Gasteiger partial charge in [0.2, 0.25) is 0 Å². The summed E-state index contributed by atoms with van der Waals surface area (Å²) in [5.41, 5.74) is 0. The number of nitrogens with zero attached hydrogens (tertiary/aromatic N) is 2. The molecule has 1 saturated heterocycles. The Hall–Kier alpha value is -0.0800. The molecule has 0 bridgehead atoms. The van der Waals surface area contributed by atoms with Crippen LogP contribution in [0.5, 0.6) is 0 Å². The first kappa shape index (κ1) is 8.02. The lowest BCUT2D eigenvalue weighted by molar-refractivity contribution is 0.0355. The van der Waals surface area contributed by atoms with Crippen LogP contribution in [0, 0.1) is 5.92 Å². The Balaban J connectivity index is 2.53. The van der Waals surface area contributed by atoms with Crippen molar-refractivity contribution in [2.75, 3.05) is 20.1 Å². The highest BCUT2D eigenvalue weighted by Crippen LogP contribution is 2.20. The standard InChI is InChI=1S/C8H18N2/c1-5-10-6-7(2)8(3)9(10)4/h7-8H,5-6H2,1-4H3. The van der Waals surface area contributed by atoms with Gasteiger partial charge in [0.25, 0.3) is 0 Å². The summed E-state index contributed by atoms with van der Waals surface area (Å²) in [6, 6.07) is 0.722. The van der Waals surface area contributed by atoms with Crippen LogP contribution in [0.15, 0.2) is 0 Å². The Morgan fingerprint density at radius 1 is 1.40 bits per heavy atom. The predicted octanol–water partition coefficient (Wildman–Crippen LogP) is 1.19. The molecule has 1 heterocycles. The van der Waals surface area contributed by atoms with Gasteiger partial charge in [0.1, 0.15) is 0 Å². The highest BCUT2D eigenvalue weighted by atomic mass is 15.6. The van der Waals surface area contributed by atoms with Crippen molar-refractivity contribution in [1.29, 1.82) is 0 Å². The van der Waals surface area contributed by atoms with Gasteiger partial charge in [-0.05, 0) is 12.8 Å². The van der Waals surface area contributed by atoms with E-state index in [2.05, 4.69) is 37.8 Å². The summed E-state index contributed by atoms with van der Waals surface area (Å²) in [6.07, 6.45) is 0. The molecule has 0 amide bonds. The molecular weight excluding hydrogens is 124 g/mol. The van der Waals surface area contributed by atoms with E-state index in [9.17, 15) is 0 Å². The summed E-state index contributed by atoms with van der Waals surface area (Å²) in [5.74, 6) is 0.824. The van der Waals surface area contributed by atoms with Crippen LogP contribution in [0.2, 0.25) is 0 Å². The molecule has 1 rings (SSSR count). The topological polar surface area (TPSA) is 6.48 Å². The highest BCUT2D eigenvalue weighted by Gasteiger charge is 2.29. The quantitative estimate of drug-likeness (QED) is 0.542. The summed E-state index contributed by atoms with van der Waals surface area (Å²) in [5, 5.41) is 4.75. The molecule has 0 spiro atoms. The lowest BCUT2D eigenvalue weighted by atomic mass is 10.1. The SMILES string of the molecule is CCN1CC(C)C(C)N1C. The Kier molecular flexibility index (Phi) is 2.32. The molecule has 0 N–H and O–H groups in total. The molecule has 0 aromatic rings. The van der Waals surface area contributed by atoms with E-state index in [1.165, 1.54) is 6.54 Å². The molecular formula is C8H18N2. The van der Waals surface area contributed by atoms with Crippen molar-refractivity contribution in [3.63, 3.8) is 0 Å². The Morgan fingerprint density at radius 3 is 2.20 bits per heavy atom. The lowest BCUT2D eigenvalue weighted by Gasteiger charge is -2.25. The third-order valence-corrected chi connectivity index (χ3v) is 2.72. The van der Waals surface area contributed by atoms with E-state index >= 15 is 0 Å². The Labute approximate surface area is 63.8 Å². The molecule has 0 saturated carbocycles. The fraction of sp³-hybridized carbons (Fsp3) is 1.00. The smallest absolute Gasteiger partial charge is 0.0252 e. The van der Waals surface area contributed by atoms with Crippen LogP contribution in [0.3, 0.4) is 0 Å². The zero-order chi connectivity index (χ0) is 7.72. The van der Waals surface area contributed by atoms with E-state index < -0.39 is 0 Å². The number of hydrazine groups is 1. The van der Waals surface area contributed by atoms with Gasteiger partial charge in [-0.25, -0.2) is 10.0 Å². The number of rotatable bonds is 1. The van der Waals surface area contributed by atoms with Crippen molar-refractivity contribution in [2.24, 2.45) is 5.92 Å². The number of hydrogen-bond donors (Lipinski definition) is 0. The largest absolute Gasteiger partial charge is 0.242 e. The van der Waals surface area contributed by atoms with E-state index in [0.717, 1.165) is 18.5 Å². The maximum absolute atomic E-state index is 2.40. The van der Waals surface area contributed by atoms with Crippen molar-refractivity contribution in [2.45, 2.75) is 26.8 Å². The molecule has 0 aromatic carbocycles. The van der Waals surface area contributed by atoms with Crippen molar-refractivity contribution in [3.05, 3.63) is 0 Å². The zero-order valence-electron chi connectivity index (χ0n) is 7.46. The van der Waals surface area contributed by atoms with Crippen molar-refractivity contribution in [3.8, 4) is 0 Å². The summed E-state index contributed by atoms with van der Waals surface area (Å²) in [6.45, 7) is 9.19. The molecule has 0 radical (unpaired) electrons. The third kappa shape index (κ3) is 1.18. The maximum Gasteiger partial charge on any atom is 0.0252 e. The number of hydrogen-bond acceptors (Lipinski definition) is 2. The highest BCUT2D eigenvalue weighted by molar-refractivity contribution is 4.78. The molecule has 60 valence electrons. The summed E-state index contributed by atoms with van der Waals surface area (Å²) < 4.78 is 0. The van der Waals surface area contributed by atoms with Crippen molar-refractivity contribution < 1.29 is 0 Å². The fourth-order valence-electron chi connectivity index (χ4n) is 1.59. The minimum Gasteiger partial charge on any atom is -0.242 e. The van der Waals surface area contributed by atoms with Crippen LogP contribution in [-0.2, 0) is 0 Å². The minimum atomic E-state index is 0.722. The molecule has 0 aromatic heterocycles. The summed E-state index contributed by atoms with van der Waals surface area (Å²) in [7, 11) is 2.18. The first-order valence-electron chi connectivity index (χ1n) is 4.14. The Bertz CT molecular complexity index is 114. The van der Waals surface area contributed by atoms with Gasteiger partial charge >= 0.3 is 0 Å². The van der Waals surface area contributed by atoms with Gasteiger partial charge < -0.3 is 0 Å². The molecule has 2 nitrogen and oxygen atoms in total. The van der Waals surface area contributed by atoms with Crippen LogP contribution in [-0.4, -0.2) is 36.2 Å². The van der Waals surface area contributed by atoms with Gasteiger partial charge in [-0.3, -0.25) is 0 Å². The monoisotopic (exact) mass is 142 g/mol. The van der Waals surface area contributed by atoms with Crippen LogP contribution < -0.4 is 0 Å². The first-order valence-corrected chi connectivity index (χ1v) is 4.14. The molecule has 1 aliphatic heterocycles. The second-order valence-corrected chi connectivity index (χ2v) is 3.30. The predicted molar refractivity (Wildman–Crippen MR) is 43.6 cm³/mol. The van der Waals surface area contributed by atoms with Gasteiger partial charge in [-0.2, -0.15) is 0 Å². The normalized spacial score (nSPS) is 37.2. The molecule has 2 unspecified atom stereocenters. The van der Waals surface area contributed by atoms with Gasteiger partial charge in [0.15, 0.2) is 0 Å². The molecule has 2 heteroatoms. The van der Waals surface area contributed by atoms with E-state index in [1.54, 1.807) is 0 Å². The third-order valence-electron chi connectivity index (χ3n) is 2.72. The van der Waals surface area contributed by atoms with Crippen LogP contribution in [0.1, 0.15) is 20.8 Å². The van der Waals surface area contributed by atoms with Crippen LogP contribution in [0.25, 0.3) is 0 Å². The molecule has 0 aliphatic carbocycles. The van der Waals surface area contributed by atoms with Crippen LogP contribution >= 0.6 is 0 Å². The minimum absolute atomic E-state index is 0.722. The van der Waals surface area contributed by atoms with E-state index in [1.807, 2.05) is 0 Å². The van der Waals surface area contributed by atoms with E-state index in [4.69, 9.17) is 0 Å². The van der Waals surface area contributed by atoms with Gasteiger partial charge in [-0.1, -0.05) is 13.8 Å². The molecule has 2 atom stereocenters. The fourth-order valence-corrected chi connectivity index (χ4v) is 1.59. The lowest BCUT2D eigenvalue weighted by Crippen LogP contribution is -2.36. The van der Waals surface area contributed by atoms with Gasteiger partial charge in [-0.15, -0.1) is 0 Å².